The van der Waals surface area contributed by atoms with E-state index in [2.05, 4.69) is 0 Å². The zero-order valence-corrected chi connectivity index (χ0v) is 19.5. The largest absolute Gasteiger partial charge is 0.480 e. The second kappa shape index (κ2) is 18.0. The molecule has 0 heterocycles. The number of amides is 1. The molecule has 0 aliphatic carbocycles. The lowest BCUT2D eigenvalue weighted by Crippen LogP contribution is -2.43. The predicted octanol–water partition coefficient (Wildman–Crippen LogP) is 1.44. The summed E-state index contributed by atoms with van der Waals surface area (Å²) in [5.41, 5.74) is 6.08. The third kappa shape index (κ3) is 16.1. The number of carboxylic acid groups (broad SMARTS) is 2. The first-order chi connectivity index (χ1) is 14.9. The standard InChI is InChI=1S/C15H21NO4.C6H13NO2.BH3O2/c1-11(2)9-13(14(17)18)16(3)15(19)20-10-12-7-5-4-6-8-12;1-4(2)3-5(7)6(8)9;2-1-3/h4-8,11,13H,9-10H2,1-3H3,(H,17,18);4-5H,3,7H2,1-2H3,(H,8,9);1-3H/t13-;5-;/m00./s1. The van der Waals surface area contributed by atoms with Crippen molar-refractivity contribution < 1.29 is 39.4 Å². The first-order valence-corrected chi connectivity index (χ1v) is 10.2. The first-order valence-electron chi connectivity index (χ1n) is 10.2. The zero-order valence-electron chi connectivity index (χ0n) is 19.5. The molecule has 182 valence electrons. The Labute approximate surface area is 190 Å². The molecule has 0 unspecified atom stereocenters. The normalized spacial score (nSPS) is 11.8. The van der Waals surface area contributed by atoms with Crippen molar-refractivity contribution in [3.05, 3.63) is 35.9 Å². The van der Waals surface area contributed by atoms with Crippen LogP contribution in [0.1, 0.15) is 46.1 Å². The minimum Gasteiger partial charge on any atom is -0.480 e. The van der Waals surface area contributed by atoms with Crippen molar-refractivity contribution in [3.8, 4) is 0 Å². The fourth-order valence-electron chi connectivity index (χ4n) is 2.43. The maximum atomic E-state index is 11.9. The van der Waals surface area contributed by atoms with E-state index in [-0.39, 0.29) is 12.5 Å². The van der Waals surface area contributed by atoms with Crippen LogP contribution in [-0.2, 0) is 20.9 Å². The quantitative estimate of drug-likeness (QED) is 0.345. The molecule has 10 nitrogen and oxygen atoms in total. The number of carboxylic acids is 2. The van der Waals surface area contributed by atoms with Gasteiger partial charge in [0.05, 0.1) is 0 Å². The van der Waals surface area contributed by atoms with Crippen LogP contribution < -0.4 is 5.73 Å². The lowest BCUT2D eigenvalue weighted by atomic mass is 10.0. The number of ether oxygens (including phenoxy) is 1. The van der Waals surface area contributed by atoms with Crippen LogP contribution in [-0.4, -0.2) is 70.0 Å². The summed E-state index contributed by atoms with van der Waals surface area (Å²) in [6, 6.07) is 7.72. The number of hydrogen-bond acceptors (Lipinski definition) is 7. The molecule has 2 atom stereocenters. The van der Waals surface area contributed by atoms with Gasteiger partial charge in [-0.3, -0.25) is 9.69 Å². The number of aliphatic carboxylic acids is 2. The third-order valence-corrected chi connectivity index (χ3v) is 3.98. The van der Waals surface area contributed by atoms with Gasteiger partial charge in [-0.05, 0) is 30.2 Å². The first kappa shape index (κ1) is 31.6. The van der Waals surface area contributed by atoms with E-state index in [1.54, 1.807) is 0 Å². The van der Waals surface area contributed by atoms with Gasteiger partial charge in [0.15, 0.2) is 0 Å². The van der Waals surface area contributed by atoms with E-state index in [0.717, 1.165) is 10.5 Å². The lowest BCUT2D eigenvalue weighted by Gasteiger charge is -2.25. The molecule has 11 heteroatoms. The Hall–Kier alpha value is -2.63. The number of rotatable bonds is 9. The number of nitrogens with two attached hydrogens (primary N) is 1. The molecule has 0 radical (unpaired) electrons. The number of hydrogen-bond donors (Lipinski definition) is 5. The molecular formula is C21H37BN2O8. The molecule has 1 amide bonds. The zero-order chi connectivity index (χ0) is 25.3. The Morgan fingerprint density at radius 2 is 1.44 bits per heavy atom. The fourth-order valence-corrected chi connectivity index (χ4v) is 2.43. The predicted molar refractivity (Wildman–Crippen MR) is 122 cm³/mol. The summed E-state index contributed by atoms with van der Waals surface area (Å²) in [6.45, 7) is 7.86. The van der Waals surface area contributed by atoms with E-state index in [0.29, 0.717) is 18.8 Å². The van der Waals surface area contributed by atoms with Crippen LogP contribution >= 0.6 is 0 Å². The van der Waals surface area contributed by atoms with Gasteiger partial charge in [0, 0.05) is 7.05 Å². The van der Waals surface area contributed by atoms with Crippen LogP contribution in [0.5, 0.6) is 0 Å². The summed E-state index contributed by atoms with van der Waals surface area (Å²) in [6.07, 6.45) is 0.323. The second-order valence-electron chi connectivity index (χ2n) is 7.85. The molecule has 0 aliphatic heterocycles. The van der Waals surface area contributed by atoms with Crippen molar-refractivity contribution in [2.24, 2.45) is 17.6 Å². The van der Waals surface area contributed by atoms with Crippen LogP contribution in [0.3, 0.4) is 0 Å². The molecule has 0 fully saturated rings. The number of carbonyl (C=O) groups excluding carboxylic acids is 1. The number of benzene rings is 1. The highest BCUT2D eigenvalue weighted by molar-refractivity contribution is 6.13. The van der Waals surface area contributed by atoms with E-state index in [1.807, 2.05) is 58.0 Å². The average molecular weight is 456 g/mol. The van der Waals surface area contributed by atoms with Crippen molar-refractivity contribution in [2.75, 3.05) is 7.05 Å². The van der Waals surface area contributed by atoms with E-state index in [9.17, 15) is 19.5 Å². The third-order valence-electron chi connectivity index (χ3n) is 3.98. The van der Waals surface area contributed by atoms with Crippen LogP contribution in [0, 0.1) is 11.8 Å². The number of nitrogens with zero attached hydrogens (tertiary/aromatic N) is 1. The van der Waals surface area contributed by atoms with Crippen molar-refractivity contribution in [3.63, 3.8) is 0 Å². The summed E-state index contributed by atoms with van der Waals surface area (Å²) >= 11 is 0. The van der Waals surface area contributed by atoms with Crippen molar-refractivity contribution in [2.45, 2.75) is 59.2 Å². The molecule has 1 aromatic carbocycles. The molecule has 0 aromatic heterocycles. The van der Waals surface area contributed by atoms with E-state index < -0.39 is 37.8 Å². The van der Waals surface area contributed by atoms with E-state index in [1.165, 1.54) is 7.05 Å². The van der Waals surface area contributed by atoms with Gasteiger partial charge in [-0.15, -0.1) is 0 Å². The lowest BCUT2D eigenvalue weighted by molar-refractivity contribution is -0.143. The summed E-state index contributed by atoms with van der Waals surface area (Å²) in [7, 11) is 0.703. The van der Waals surface area contributed by atoms with Gasteiger partial charge >= 0.3 is 25.7 Å². The molecule has 0 bridgehead atoms. The van der Waals surface area contributed by atoms with Gasteiger partial charge < -0.3 is 30.7 Å². The molecular weight excluding hydrogens is 419 g/mol. The second-order valence-corrected chi connectivity index (χ2v) is 7.85. The molecule has 6 N–H and O–H groups in total. The Balaban J connectivity index is 0. The van der Waals surface area contributed by atoms with Crippen LogP contribution in [0.4, 0.5) is 4.79 Å². The van der Waals surface area contributed by atoms with Gasteiger partial charge in [-0.2, -0.15) is 0 Å². The monoisotopic (exact) mass is 456 g/mol. The van der Waals surface area contributed by atoms with Gasteiger partial charge in [0.25, 0.3) is 0 Å². The minimum absolute atomic E-state index is 0.137. The highest BCUT2D eigenvalue weighted by atomic mass is 16.6. The molecule has 0 aliphatic rings. The Morgan fingerprint density at radius 1 is 0.969 bits per heavy atom. The van der Waals surface area contributed by atoms with Crippen molar-refractivity contribution in [1.82, 2.24) is 4.90 Å². The summed E-state index contributed by atoms with van der Waals surface area (Å²) in [4.78, 5) is 34.3. The van der Waals surface area contributed by atoms with Gasteiger partial charge in [-0.1, -0.05) is 58.0 Å². The van der Waals surface area contributed by atoms with Crippen molar-refractivity contribution >= 4 is 25.7 Å². The van der Waals surface area contributed by atoms with Crippen LogP contribution in [0.15, 0.2) is 30.3 Å². The maximum absolute atomic E-state index is 11.9. The summed E-state index contributed by atoms with van der Waals surface area (Å²) in [5.74, 6) is -1.39. The summed E-state index contributed by atoms with van der Waals surface area (Å²) < 4.78 is 5.13. The van der Waals surface area contributed by atoms with E-state index in [4.69, 9.17) is 25.6 Å². The van der Waals surface area contributed by atoms with Crippen LogP contribution in [0.25, 0.3) is 0 Å². The molecule has 0 saturated carbocycles. The smallest absolute Gasteiger partial charge is 0.432 e. The summed E-state index contributed by atoms with van der Waals surface area (Å²) in [5, 5.41) is 31.7. The van der Waals surface area contributed by atoms with Crippen LogP contribution in [0.2, 0.25) is 0 Å². The highest BCUT2D eigenvalue weighted by Crippen LogP contribution is 2.12. The highest BCUT2D eigenvalue weighted by Gasteiger charge is 2.28. The molecule has 32 heavy (non-hydrogen) atoms. The molecule has 0 spiro atoms. The van der Waals surface area contributed by atoms with Gasteiger partial charge in [0.1, 0.15) is 18.7 Å². The molecule has 1 aromatic rings. The average Bonchev–Trinajstić information content (AvgIpc) is 2.70. The van der Waals surface area contributed by atoms with Gasteiger partial charge in [-0.25, -0.2) is 9.59 Å². The molecule has 0 saturated heterocycles. The van der Waals surface area contributed by atoms with E-state index >= 15 is 0 Å². The molecule has 1 rings (SSSR count). The van der Waals surface area contributed by atoms with Gasteiger partial charge in [0.2, 0.25) is 0 Å². The number of carbonyl (C=O) groups is 3. The topological polar surface area (TPSA) is 171 Å². The SMILES string of the molecule is CC(C)C[C@@H](C(=O)O)N(C)C(=O)OCc1ccccc1.CC(C)C[C@H](N)C(=O)O.OBO. The Kier molecular flexibility index (Phi) is 17.7. The minimum atomic E-state index is -1.02. The number of likely N-dealkylation sites (N-methyl/N-ethyl adjacent to an activating group) is 1. The Morgan fingerprint density at radius 3 is 1.78 bits per heavy atom. The maximum Gasteiger partial charge on any atom is 0.432 e. The van der Waals surface area contributed by atoms with Crippen molar-refractivity contribution in [1.29, 1.82) is 0 Å². The Bertz CT molecular complexity index is 658. The fraction of sp³-hybridized carbons (Fsp3) is 0.571.